The van der Waals surface area contributed by atoms with E-state index in [2.05, 4.69) is 4.98 Å². The summed E-state index contributed by atoms with van der Waals surface area (Å²) < 4.78 is 54.8. The molecule has 0 spiro atoms. The molecule has 0 fully saturated rings. The van der Waals surface area contributed by atoms with Crippen molar-refractivity contribution in [3.63, 3.8) is 0 Å². The molecular weight excluding hydrogens is 477 g/mol. The van der Waals surface area contributed by atoms with Crippen LogP contribution in [0.4, 0.5) is 13.2 Å². The van der Waals surface area contributed by atoms with Gasteiger partial charge < -0.3 is 14.2 Å². The summed E-state index contributed by atoms with van der Waals surface area (Å²) in [4.78, 5) is 2.84. The fraction of sp³-hybridized carbons (Fsp3) is 0.278. The lowest BCUT2D eigenvalue weighted by Gasteiger charge is -2.14. The first kappa shape index (κ1) is 23.7. The number of benzene rings is 1. The topological polar surface area (TPSA) is 40.6 Å². The van der Waals surface area contributed by atoms with E-state index in [1.165, 1.54) is 36.7 Å². The number of alkyl halides is 5. The van der Waals surface area contributed by atoms with Gasteiger partial charge in [0.1, 0.15) is 15.4 Å². The van der Waals surface area contributed by atoms with Gasteiger partial charge in [-0.3, -0.25) is 0 Å². The summed E-state index contributed by atoms with van der Waals surface area (Å²) >= 11 is 23.2. The summed E-state index contributed by atoms with van der Waals surface area (Å²) in [6.07, 6.45) is -0.457. The van der Waals surface area contributed by atoms with Gasteiger partial charge >= 0.3 is 6.18 Å². The maximum absolute atomic E-state index is 12.9. The summed E-state index contributed by atoms with van der Waals surface area (Å²) in [5, 5.41) is 0.364. The van der Waals surface area contributed by atoms with Crippen LogP contribution in [0.1, 0.15) is 12.0 Å². The smallest absolute Gasteiger partial charge is 0.421 e. The number of nitrogens with zero attached hydrogens (tertiary/aromatic N) is 1. The third-order valence-electron chi connectivity index (χ3n) is 3.29. The van der Waals surface area contributed by atoms with E-state index in [1.807, 2.05) is 0 Å². The van der Waals surface area contributed by atoms with Crippen LogP contribution in [0.5, 0.6) is 17.4 Å². The number of rotatable bonds is 9. The van der Waals surface area contributed by atoms with Crippen molar-refractivity contribution in [2.75, 3.05) is 13.2 Å². The molecule has 0 saturated heterocycles. The number of ether oxygens (including phenoxy) is 3. The van der Waals surface area contributed by atoms with Crippen LogP contribution in [0, 0.1) is 0 Å². The third kappa shape index (κ3) is 7.33. The zero-order valence-corrected chi connectivity index (χ0v) is 17.6. The lowest BCUT2D eigenvalue weighted by molar-refractivity contribution is -0.139. The van der Waals surface area contributed by atoms with E-state index < -0.39 is 22.5 Å². The van der Waals surface area contributed by atoms with Crippen molar-refractivity contribution < 1.29 is 27.4 Å². The molecule has 0 saturated carbocycles. The molecule has 158 valence electrons. The Morgan fingerprint density at radius 1 is 1.07 bits per heavy atom. The van der Waals surface area contributed by atoms with Gasteiger partial charge in [-0.2, -0.15) is 13.2 Å². The molecule has 4 nitrogen and oxygen atoms in total. The predicted molar refractivity (Wildman–Crippen MR) is 107 cm³/mol. The molecule has 0 atom stereocenters. The monoisotopic (exact) mass is 489 g/mol. The molecule has 0 N–H and O–H groups in total. The summed E-state index contributed by atoms with van der Waals surface area (Å²) in [5.41, 5.74) is -0.940. The van der Waals surface area contributed by atoms with Gasteiger partial charge in [0.15, 0.2) is 11.5 Å². The number of hydrogen-bond acceptors (Lipinski definition) is 4. The van der Waals surface area contributed by atoms with Crippen molar-refractivity contribution in [3.05, 3.63) is 58.4 Å². The molecule has 11 heteroatoms. The number of allylic oxidation sites excluding steroid dienone is 1. The van der Waals surface area contributed by atoms with Crippen LogP contribution >= 0.6 is 46.4 Å². The molecule has 0 amide bonds. The molecule has 0 radical (unpaired) electrons. The van der Waals surface area contributed by atoms with E-state index >= 15 is 0 Å². The van der Waals surface area contributed by atoms with Gasteiger partial charge in [0.2, 0.25) is 5.88 Å². The van der Waals surface area contributed by atoms with Crippen molar-refractivity contribution >= 4 is 46.4 Å². The second-order valence-corrected chi connectivity index (χ2v) is 7.32. The standard InChI is InChI=1S/C18H14Cl4F3NO3/c19-12-4-5-13(16(15(12)22)28-10-6-14(20)21)27-8-2-9-29-17-11(18(23,24)25)3-1-7-26-17/h1,3-7,10,14H,2,8-9H2. The predicted octanol–water partition coefficient (Wildman–Crippen LogP) is 6.95. The van der Waals surface area contributed by atoms with Crippen LogP contribution in [-0.2, 0) is 6.18 Å². The minimum absolute atomic E-state index is 0.0440. The molecule has 0 unspecified atom stereocenters. The van der Waals surface area contributed by atoms with Crippen molar-refractivity contribution in [1.29, 1.82) is 0 Å². The highest BCUT2D eigenvalue weighted by atomic mass is 35.5. The molecule has 2 rings (SSSR count). The molecule has 0 bridgehead atoms. The molecule has 0 aliphatic rings. The van der Waals surface area contributed by atoms with Crippen LogP contribution in [0.25, 0.3) is 0 Å². The molecular formula is C18H14Cl4F3NO3. The van der Waals surface area contributed by atoms with E-state index in [0.717, 1.165) is 6.07 Å². The van der Waals surface area contributed by atoms with Crippen molar-refractivity contribution in [3.8, 4) is 17.4 Å². The van der Waals surface area contributed by atoms with Crippen LogP contribution in [0.15, 0.2) is 42.8 Å². The second-order valence-electron chi connectivity index (χ2n) is 5.37. The molecule has 2 aromatic rings. The minimum Gasteiger partial charge on any atom is -0.489 e. The highest BCUT2D eigenvalue weighted by Gasteiger charge is 2.34. The molecule has 29 heavy (non-hydrogen) atoms. The number of aromatic nitrogens is 1. The molecule has 1 aromatic heterocycles. The normalized spacial score (nSPS) is 11.9. The van der Waals surface area contributed by atoms with Gasteiger partial charge in [0.05, 0.1) is 24.5 Å². The number of halogens is 7. The van der Waals surface area contributed by atoms with Crippen LogP contribution in [-0.4, -0.2) is 23.0 Å². The maximum atomic E-state index is 12.9. The van der Waals surface area contributed by atoms with Crippen LogP contribution in [0.3, 0.4) is 0 Å². The fourth-order valence-corrected chi connectivity index (χ4v) is 2.50. The van der Waals surface area contributed by atoms with Gasteiger partial charge in [0, 0.05) is 12.6 Å². The highest BCUT2D eigenvalue weighted by Crippen LogP contribution is 2.40. The van der Waals surface area contributed by atoms with Gasteiger partial charge in [-0.1, -0.05) is 23.2 Å². The first-order chi connectivity index (χ1) is 13.7. The summed E-state index contributed by atoms with van der Waals surface area (Å²) in [5.74, 6) is -0.0617. The Balaban J connectivity index is 1.94. The quantitative estimate of drug-likeness (QED) is 0.216. The lowest BCUT2D eigenvalue weighted by Crippen LogP contribution is -2.12. The van der Waals surface area contributed by atoms with E-state index in [-0.39, 0.29) is 41.2 Å². The van der Waals surface area contributed by atoms with Gasteiger partial charge in [0.25, 0.3) is 0 Å². The molecule has 0 aliphatic carbocycles. The largest absolute Gasteiger partial charge is 0.489 e. The van der Waals surface area contributed by atoms with Gasteiger partial charge in [-0.05, 0) is 30.3 Å². The Hall–Kier alpha value is -1.54. The van der Waals surface area contributed by atoms with E-state index in [4.69, 9.17) is 60.6 Å². The number of pyridine rings is 1. The molecule has 0 aliphatic heterocycles. The average Bonchev–Trinajstić information content (AvgIpc) is 2.65. The average molecular weight is 491 g/mol. The Morgan fingerprint density at radius 2 is 1.79 bits per heavy atom. The Bertz CT molecular complexity index is 848. The van der Waals surface area contributed by atoms with Crippen molar-refractivity contribution in [2.24, 2.45) is 0 Å². The third-order valence-corrected chi connectivity index (χ3v) is 4.36. The Morgan fingerprint density at radius 3 is 2.48 bits per heavy atom. The summed E-state index contributed by atoms with van der Waals surface area (Å²) in [6.45, 7) is 0.0670. The zero-order valence-electron chi connectivity index (χ0n) is 14.6. The van der Waals surface area contributed by atoms with E-state index in [0.29, 0.717) is 0 Å². The van der Waals surface area contributed by atoms with Crippen molar-refractivity contribution in [2.45, 2.75) is 17.4 Å². The minimum atomic E-state index is -4.55. The van der Waals surface area contributed by atoms with Gasteiger partial charge in [-0.25, -0.2) is 4.98 Å². The number of hydrogen-bond donors (Lipinski definition) is 0. The SMILES string of the molecule is FC(F)(F)c1cccnc1OCCCOc1ccc(Cl)c(Cl)c1OC=CC(Cl)Cl. The summed E-state index contributed by atoms with van der Waals surface area (Å²) in [6, 6.07) is 5.15. The zero-order chi connectivity index (χ0) is 21.4. The van der Waals surface area contributed by atoms with Crippen LogP contribution in [0.2, 0.25) is 10.0 Å². The first-order valence-corrected chi connectivity index (χ1v) is 9.70. The van der Waals surface area contributed by atoms with Gasteiger partial charge in [-0.15, -0.1) is 23.2 Å². The summed E-state index contributed by atoms with van der Waals surface area (Å²) in [7, 11) is 0. The molecule has 1 heterocycles. The first-order valence-electron chi connectivity index (χ1n) is 8.07. The fourth-order valence-electron chi connectivity index (χ4n) is 2.04. The maximum Gasteiger partial charge on any atom is 0.421 e. The van der Waals surface area contributed by atoms with Crippen molar-refractivity contribution in [1.82, 2.24) is 4.98 Å². The second kappa shape index (κ2) is 11.0. The lowest BCUT2D eigenvalue weighted by atomic mass is 10.2. The Labute approximate surface area is 185 Å². The Kier molecular flexibility index (Phi) is 9.02. The highest BCUT2D eigenvalue weighted by molar-refractivity contribution is 6.45. The van der Waals surface area contributed by atoms with Crippen LogP contribution < -0.4 is 14.2 Å². The van der Waals surface area contributed by atoms with E-state index in [9.17, 15) is 13.2 Å². The molecule has 1 aromatic carbocycles. The van der Waals surface area contributed by atoms with E-state index in [1.54, 1.807) is 0 Å².